The van der Waals surface area contributed by atoms with Crippen LogP contribution in [0.1, 0.15) is 18.1 Å². The minimum atomic E-state index is -2.14. The first-order valence-electron chi connectivity index (χ1n) is 9.47. The molecular formula is C21H27N4O3+. The average molecular weight is 383 g/mol. The number of likely N-dealkylation sites (N-methyl/N-ethyl adjacent to an activating group) is 1. The summed E-state index contributed by atoms with van der Waals surface area (Å²) in [4.78, 5) is 28.3. The zero-order chi connectivity index (χ0) is 20.3. The zero-order valence-corrected chi connectivity index (χ0v) is 16.5. The molecule has 0 spiro atoms. The van der Waals surface area contributed by atoms with Crippen molar-refractivity contribution in [3.8, 4) is 0 Å². The number of carbonyl (C=O) groups excluding carboxylic acids is 2. The lowest BCUT2D eigenvalue weighted by Gasteiger charge is -2.42. The number of fused-ring (bicyclic) bond motifs is 1. The topological polar surface area (TPSA) is 86.1 Å². The molecule has 0 bridgehead atoms. The quantitative estimate of drug-likeness (QED) is 0.593. The maximum atomic E-state index is 13.1. The second kappa shape index (κ2) is 8.00. The van der Waals surface area contributed by atoms with Crippen LogP contribution in [0.4, 0.5) is 16.2 Å². The van der Waals surface area contributed by atoms with Crippen LogP contribution in [0.15, 0.2) is 48.5 Å². The molecule has 1 heterocycles. The van der Waals surface area contributed by atoms with Gasteiger partial charge in [-0.25, -0.2) is 4.79 Å². The highest BCUT2D eigenvalue weighted by Gasteiger charge is 2.51. The Balaban J connectivity index is 2.05. The van der Waals surface area contributed by atoms with Gasteiger partial charge >= 0.3 is 6.03 Å². The Kier molecular flexibility index (Phi) is 5.67. The lowest BCUT2D eigenvalue weighted by molar-refractivity contribution is -0.856. The number of quaternary nitrogens is 1. The molecular weight excluding hydrogens is 356 g/mol. The van der Waals surface area contributed by atoms with Crippen LogP contribution in [0.2, 0.25) is 0 Å². The van der Waals surface area contributed by atoms with Gasteiger partial charge in [0, 0.05) is 11.3 Å². The van der Waals surface area contributed by atoms with E-state index in [0.717, 1.165) is 16.9 Å². The van der Waals surface area contributed by atoms with E-state index in [1.807, 2.05) is 33.2 Å². The van der Waals surface area contributed by atoms with Crippen LogP contribution in [-0.2, 0) is 16.9 Å². The third-order valence-electron chi connectivity index (χ3n) is 4.90. The number of nitrogens with zero attached hydrogens (tertiary/aromatic N) is 1. The van der Waals surface area contributed by atoms with Crippen molar-refractivity contribution in [1.82, 2.24) is 5.32 Å². The van der Waals surface area contributed by atoms with Crippen molar-refractivity contribution in [2.24, 2.45) is 0 Å². The van der Waals surface area contributed by atoms with Crippen molar-refractivity contribution in [3.63, 3.8) is 0 Å². The van der Waals surface area contributed by atoms with E-state index in [2.05, 4.69) is 10.6 Å². The van der Waals surface area contributed by atoms with Gasteiger partial charge in [-0.3, -0.25) is 9.69 Å². The van der Waals surface area contributed by atoms with E-state index in [-0.39, 0.29) is 0 Å². The minimum Gasteiger partial charge on any atom is -0.359 e. The molecule has 1 unspecified atom stereocenters. The summed E-state index contributed by atoms with van der Waals surface area (Å²) in [7, 11) is 3.96. The predicted molar refractivity (Wildman–Crippen MR) is 108 cm³/mol. The molecule has 28 heavy (non-hydrogen) atoms. The number of carbonyl (C=O) groups is 2. The SMILES string of the molecule is CCc1ccc(N2C(=O)Nc3ccccc3C2(O)C(=O)NCC[NH+](C)C)cc1. The first-order valence-corrected chi connectivity index (χ1v) is 9.47. The molecule has 3 amide bonds. The van der Waals surface area contributed by atoms with E-state index in [9.17, 15) is 14.7 Å². The molecule has 7 nitrogen and oxygen atoms in total. The van der Waals surface area contributed by atoms with E-state index < -0.39 is 17.7 Å². The van der Waals surface area contributed by atoms with E-state index >= 15 is 0 Å². The summed E-state index contributed by atoms with van der Waals surface area (Å²) in [5.74, 6) is -0.629. The van der Waals surface area contributed by atoms with Crippen molar-refractivity contribution in [1.29, 1.82) is 0 Å². The molecule has 7 heteroatoms. The summed E-state index contributed by atoms with van der Waals surface area (Å²) >= 11 is 0. The van der Waals surface area contributed by atoms with E-state index in [1.54, 1.807) is 36.4 Å². The molecule has 2 aromatic carbocycles. The number of benzene rings is 2. The number of amides is 3. The number of hydrogen-bond donors (Lipinski definition) is 4. The van der Waals surface area contributed by atoms with Crippen molar-refractivity contribution >= 4 is 23.3 Å². The third kappa shape index (κ3) is 3.58. The summed E-state index contributed by atoms with van der Waals surface area (Å²) in [5, 5.41) is 17.2. The van der Waals surface area contributed by atoms with Crippen molar-refractivity contribution < 1.29 is 19.6 Å². The van der Waals surface area contributed by atoms with Crippen LogP contribution in [0.25, 0.3) is 0 Å². The third-order valence-corrected chi connectivity index (χ3v) is 4.90. The molecule has 2 aromatic rings. The Morgan fingerprint density at radius 3 is 2.50 bits per heavy atom. The summed E-state index contributed by atoms with van der Waals surface area (Å²) in [6.45, 7) is 3.12. The van der Waals surface area contributed by atoms with Gasteiger partial charge in [-0.15, -0.1) is 0 Å². The van der Waals surface area contributed by atoms with Gasteiger partial charge in [0.15, 0.2) is 0 Å². The molecule has 3 rings (SSSR count). The number of nitrogens with one attached hydrogen (secondary N) is 3. The molecule has 148 valence electrons. The first-order chi connectivity index (χ1) is 13.4. The Hall–Kier alpha value is -2.90. The molecule has 4 N–H and O–H groups in total. The monoisotopic (exact) mass is 383 g/mol. The largest absolute Gasteiger partial charge is 0.359 e. The smallest absolute Gasteiger partial charge is 0.329 e. The zero-order valence-electron chi connectivity index (χ0n) is 16.5. The van der Waals surface area contributed by atoms with E-state index in [0.29, 0.717) is 30.0 Å². The van der Waals surface area contributed by atoms with Crippen LogP contribution in [-0.4, -0.2) is 44.2 Å². The highest BCUT2D eigenvalue weighted by atomic mass is 16.3. The molecule has 0 fully saturated rings. The summed E-state index contributed by atoms with van der Waals surface area (Å²) in [6.07, 6.45) is 0.854. The Labute approximate surface area is 165 Å². The maximum absolute atomic E-state index is 13.1. The fraction of sp³-hybridized carbons (Fsp3) is 0.333. The van der Waals surface area contributed by atoms with Gasteiger partial charge in [0.25, 0.3) is 11.6 Å². The Morgan fingerprint density at radius 1 is 1.18 bits per heavy atom. The van der Waals surface area contributed by atoms with Crippen LogP contribution in [0, 0.1) is 0 Å². The number of aryl methyl sites for hydroxylation is 1. The summed E-state index contributed by atoms with van der Waals surface area (Å²) in [6, 6.07) is 13.5. The molecule has 0 radical (unpaired) electrons. The second-order valence-corrected chi connectivity index (χ2v) is 7.22. The van der Waals surface area contributed by atoms with Gasteiger partial charge in [0.2, 0.25) is 0 Å². The Morgan fingerprint density at radius 2 is 1.86 bits per heavy atom. The summed E-state index contributed by atoms with van der Waals surface area (Å²) < 4.78 is 0. The van der Waals surface area contributed by atoms with Crippen LogP contribution < -0.4 is 20.4 Å². The molecule has 1 aliphatic heterocycles. The number of para-hydroxylation sites is 1. The molecule has 0 saturated heterocycles. The lowest BCUT2D eigenvalue weighted by atomic mass is 9.94. The molecule has 1 aliphatic rings. The number of urea groups is 1. The molecule has 0 saturated carbocycles. The second-order valence-electron chi connectivity index (χ2n) is 7.22. The molecule has 1 atom stereocenters. The van der Waals surface area contributed by atoms with Gasteiger partial charge in [-0.2, -0.15) is 0 Å². The Bertz CT molecular complexity index is 866. The fourth-order valence-corrected chi connectivity index (χ4v) is 3.29. The number of hydrogen-bond acceptors (Lipinski definition) is 3. The minimum absolute atomic E-state index is 0.337. The van der Waals surface area contributed by atoms with Gasteiger partial charge in [0.1, 0.15) is 0 Å². The van der Waals surface area contributed by atoms with E-state index in [1.165, 1.54) is 4.90 Å². The molecule has 0 aromatic heterocycles. The number of rotatable bonds is 6. The predicted octanol–water partition coefficient (Wildman–Crippen LogP) is 0.707. The van der Waals surface area contributed by atoms with Crippen LogP contribution >= 0.6 is 0 Å². The van der Waals surface area contributed by atoms with Gasteiger partial charge in [-0.05, 0) is 30.2 Å². The number of aliphatic hydroxyl groups is 1. The average Bonchev–Trinajstić information content (AvgIpc) is 2.68. The maximum Gasteiger partial charge on any atom is 0.329 e. The molecule has 0 aliphatic carbocycles. The van der Waals surface area contributed by atoms with Crippen molar-refractivity contribution in [2.75, 3.05) is 37.4 Å². The highest BCUT2D eigenvalue weighted by molar-refractivity contribution is 6.11. The van der Waals surface area contributed by atoms with Gasteiger partial charge in [-0.1, -0.05) is 37.3 Å². The van der Waals surface area contributed by atoms with Gasteiger partial charge < -0.3 is 20.6 Å². The fourth-order valence-electron chi connectivity index (χ4n) is 3.29. The first kappa shape index (κ1) is 19.9. The van der Waals surface area contributed by atoms with Crippen LogP contribution in [0.3, 0.4) is 0 Å². The number of anilines is 2. The lowest BCUT2D eigenvalue weighted by Crippen LogP contribution is -3.06. The normalized spacial score (nSPS) is 18.6. The van der Waals surface area contributed by atoms with Gasteiger partial charge in [0.05, 0.1) is 32.9 Å². The van der Waals surface area contributed by atoms with Crippen LogP contribution in [0.5, 0.6) is 0 Å². The standard InChI is InChI=1S/C21H26N4O3/c1-4-15-9-11-16(12-10-15)25-20(27)23-18-8-6-5-7-17(18)21(25,28)19(26)22-13-14-24(2)3/h5-12,28H,4,13-14H2,1-3H3,(H,22,26)(H,23,27)/p+1. The summed E-state index contributed by atoms with van der Waals surface area (Å²) in [5.41, 5.74) is 0.159. The highest BCUT2D eigenvalue weighted by Crippen LogP contribution is 2.39. The van der Waals surface area contributed by atoms with E-state index in [4.69, 9.17) is 0 Å². The van der Waals surface area contributed by atoms with Crippen molar-refractivity contribution in [3.05, 3.63) is 59.7 Å². The van der Waals surface area contributed by atoms with Crippen molar-refractivity contribution in [2.45, 2.75) is 19.1 Å².